The van der Waals surface area contributed by atoms with E-state index in [4.69, 9.17) is 5.11 Å². The number of aliphatic hydroxyl groups excluding tert-OH is 4. The molecular weight excluding hydrogens is 462 g/mol. The lowest BCUT2D eigenvalue weighted by Crippen LogP contribution is -2.41. The molecule has 1 amide bonds. The molecule has 0 aliphatic heterocycles. The molecule has 0 unspecified atom stereocenters. The van der Waals surface area contributed by atoms with Crippen molar-refractivity contribution in [1.82, 2.24) is 24.8 Å². The Morgan fingerprint density at radius 2 is 1.42 bits per heavy atom. The first-order valence-corrected chi connectivity index (χ1v) is 11.7. The lowest BCUT2D eigenvalue weighted by Gasteiger charge is -2.24. The molecular formula is C26H33N5O5. The Labute approximate surface area is 210 Å². The van der Waals surface area contributed by atoms with E-state index in [0.717, 1.165) is 17.1 Å². The summed E-state index contributed by atoms with van der Waals surface area (Å²) in [5.41, 5.74) is 3.05. The fraction of sp³-hybridized carbons (Fsp3) is 0.385. The number of hydrogen-bond donors (Lipinski definition) is 4. The summed E-state index contributed by atoms with van der Waals surface area (Å²) in [7, 11) is 1.58. The quantitative estimate of drug-likeness (QED) is 0.268. The Kier molecular flexibility index (Phi) is 10.4. The summed E-state index contributed by atoms with van der Waals surface area (Å²) in [6, 6.07) is 15.1. The van der Waals surface area contributed by atoms with E-state index in [1.165, 1.54) is 11.1 Å². The van der Waals surface area contributed by atoms with Crippen LogP contribution in [-0.4, -0.2) is 89.6 Å². The van der Waals surface area contributed by atoms with Crippen molar-refractivity contribution in [3.05, 3.63) is 89.8 Å². The number of amides is 1. The zero-order chi connectivity index (χ0) is 25.9. The highest BCUT2D eigenvalue weighted by molar-refractivity contribution is 5.93. The van der Waals surface area contributed by atoms with Gasteiger partial charge in [-0.2, -0.15) is 0 Å². The molecule has 0 spiro atoms. The molecule has 3 aromatic heterocycles. The van der Waals surface area contributed by atoms with Crippen LogP contribution >= 0.6 is 0 Å². The van der Waals surface area contributed by atoms with E-state index >= 15 is 0 Å². The monoisotopic (exact) mass is 495 g/mol. The lowest BCUT2D eigenvalue weighted by molar-refractivity contribution is -0.0791. The minimum atomic E-state index is -1.49. The maximum atomic E-state index is 12.8. The highest BCUT2D eigenvalue weighted by Gasteiger charge is 2.25. The molecule has 3 heterocycles. The molecule has 0 aliphatic carbocycles. The molecule has 0 radical (unpaired) electrons. The SMILES string of the molecule is CN(CC[C@@H](O)[C@H](O)[C@H](O)CO)C(=O)c1ccc(CN(Cc2ccccn2)Cc2ccccn2)nc1. The summed E-state index contributed by atoms with van der Waals surface area (Å²) in [6.07, 6.45) is 0.895. The third-order valence-electron chi connectivity index (χ3n) is 5.76. The molecule has 10 heteroatoms. The smallest absolute Gasteiger partial charge is 0.255 e. The molecule has 10 nitrogen and oxygen atoms in total. The number of hydrogen-bond acceptors (Lipinski definition) is 9. The number of pyridine rings is 3. The molecule has 4 N–H and O–H groups in total. The summed E-state index contributed by atoms with van der Waals surface area (Å²) in [4.78, 5) is 29.7. The zero-order valence-electron chi connectivity index (χ0n) is 20.3. The lowest BCUT2D eigenvalue weighted by atomic mass is 10.1. The third kappa shape index (κ3) is 8.14. The molecule has 3 rings (SSSR count). The van der Waals surface area contributed by atoms with Crippen LogP contribution in [0.4, 0.5) is 0 Å². The van der Waals surface area contributed by atoms with Crippen LogP contribution in [-0.2, 0) is 19.6 Å². The van der Waals surface area contributed by atoms with Crippen molar-refractivity contribution < 1.29 is 25.2 Å². The Morgan fingerprint density at radius 3 is 1.89 bits per heavy atom. The standard InChI is InChI=1S/C26H33N5O5/c1-30(13-10-23(33)25(35)24(34)18-32)26(36)19-8-9-22(29-14-19)17-31(15-20-6-2-4-11-27-20)16-21-7-3-5-12-28-21/h2-9,11-12,14,23-25,32-35H,10,13,15-18H2,1H3/t23-,24-,25+/m1/s1. The second-order valence-electron chi connectivity index (χ2n) is 8.65. The van der Waals surface area contributed by atoms with Gasteiger partial charge in [0.2, 0.25) is 0 Å². The molecule has 0 saturated heterocycles. The van der Waals surface area contributed by atoms with Crippen LogP contribution < -0.4 is 0 Å². The molecule has 0 aliphatic rings. The molecule has 192 valence electrons. The maximum absolute atomic E-state index is 12.8. The third-order valence-corrected chi connectivity index (χ3v) is 5.76. The van der Waals surface area contributed by atoms with E-state index in [0.29, 0.717) is 25.2 Å². The largest absolute Gasteiger partial charge is 0.394 e. The van der Waals surface area contributed by atoms with Crippen LogP contribution in [0.15, 0.2) is 67.1 Å². The number of rotatable bonds is 13. The predicted molar refractivity (Wildman–Crippen MR) is 132 cm³/mol. The van der Waals surface area contributed by atoms with Gasteiger partial charge in [-0.1, -0.05) is 12.1 Å². The van der Waals surface area contributed by atoms with Gasteiger partial charge in [-0.05, 0) is 42.8 Å². The van der Waals surface area contributed by atoms with Gasteiger partial charge in [0.15, 0.2) is 0 Å². The zero-order valence-corrected chi connectivity index (χ0v) is 20.3. The van der Waals surface area contributed by atoms with Crippen LogP contribution in [0, 0.1) is 0 Å². The number of carbonyl (C=O) groups excluding carboxylic acids is 1. The molecule has 36 heavy (non-hydrogen) atoms. The van der Waals surface area contributed by atoms with Gasteiger partial charge in [0.05, 0.1) is 35.4 Å². The van der Waals surface area contributed by atoms with Gasteiger partial charge < -0.3 is 25.3 Å². The molecule has 0 fully saturated rings. The Hall–Kier alpha value is -3.28. The van der Waals surface area contributed by atoms with E-state index in [-0.39, 0.29) is 18.9 Å². The molecule has 0 saturated carbocycles. The fourth-order valence-electron chi connectivity index (χ4n) is 3.67. The van der Waals surface area contributed by atoms with E-state index in [2.05, 4.69) is 19.9 Å². The van der Waals surface area contributed by atoms with Gasteiger partial charge in [0.1, 0.15) is 12.2 Å². The number of aliphatic hydroxyl groups is 4. The maximum Gasteiger partial charge on any atom is 0.255 e. The van der Waals surface area contributed by atoms with Crippen molar-refractivity contribution in [2.45, 2.75) is 44.4 Å². The highest BCUT2D eigenvalue weighted by atomic mass is 16.4. The second-order valence-corrected chi connectivity index (χ2v) is 8.65. The van der Waals surface area contributed by atoms with Crippen LogP contribution in [0.1, 0.15) is 33.9 Å². The van der Waals surface area contributed by atoms with Crippen LogP contribution in [0.5, 0.6) is 0 Å². The summed E-state index contributed by atoms with van der Waals surface area (Å²) in [5, 5.41) is 38.1. The number of nitrogens with zero attached hydrogens (tertiary/aromatic N) is 5. The van der Waals surface area contributed by atoms with Gasteiger partial charge >= 0.3 is 0 Å². The van der Waals surface area contributed by atoms with Crippen molar-refractivity contribution in [2.75, 3.05) is 20.2 Å². The van der Waals surface area contributed by atoms with E-state index in [9.17, 15) is 20.1 Å². The second kappa shape index (κ2) is 13.7. The van der Waals surface area contributed by atoms with Gasteiger partial charge in [-0.3, -0.25) is 24.6 Å². The normalized spacial score (nSPS) is 13.8. The van der Waals surface area contributed by atoms with Crippen molar-refractivity contribution in [1.29, 1.82) is 0 Å². The van der Waals surface area contributed by atoms with Gasteiger partial charge in [-0.25, -0.2) is 0 Å². The Bertz CT molecular complexity index is 1010. The first kappa shape index (κ1) is 27.3. The first-order chi connectivity index (χ1) is 17.4. The van der Waals surface area contributed by atoms with Crippen LogP contribution in [0.25, 0.3) is 0 Å². The van der Waals surface area contributed by atoms with Crippen LogP contribution in [0.3, 0.4) is 0 Å². The fourth-order valence-corrected chi connectivity index (χ4v) is 3.67. The minimum absolute atomic E-state index is 0.0436. The number of carbonyl (C=O) groups is 1. The molecule has 3 atom stereocenters. The van der Waals surface area contributed by atoms with Gasteiger partial charge in [0.25, 0.3) is 5.91 Å². The molecule has 3 aromatic rings. The molecule has 0 bridgehead atoms. The number of aromatic nitrogens is 3. The predicted octanol–water partition coefficient (Wildman–Crippen LogP) is 0.611. The Balaban J connectivity index is 1.61. The van der Waals surface area contributed by atoms with Crippen molar-refractivity contribution in [2.24, 2.45) is 0 Å². The first-order valence-electron chi connectivity index (χ1n) is 11.7. The van der Waals surface area contributed by atoms with Crippen molar-refractivity contribution in [3.8, 4) is 0 Å². The summed E-state index contributed by atoms with van der Waals surface area (Å²) < 4.78 is 0. The van der Waals surface area contributed by atoms with E-state index in [1.54, 1.807) is 31.6 Å². The summed E-state index contributed by atoms with van der Waals surface area (Å²) >= 11 is 0. The van der Waals surface area contributed by atoms with Crippen LogP contribution in [0.2, 0.25) is 0 Å². The van der Waals surface area contributed by atoms with Gasteiger partial charge in [-0.15, -0.1) is 0 Å². The summed E-state index contributed by atoms with van der Waals surface area (Å²) in [6.45, 7) is 1.25. The van der Waals surface area contributed by atoms with E-state index in [1.807, 2.05) is 36.4 Å². The Morgan fingerprint density at radius 1 is 0.833 bits per heavy atom. The average molecular weight is 496 g/mol. The molecule has 0 aromatic carbocycles. The minimum Gasteiger partial charge on any atom is -0.394 e. The highest BCUT2D eigenvalue weighted by Crippen LogP contribution is 2.13. The summed E-state index contributed by atoms with van der Waals surface area (Å²) in [5.74, 6) is -0.280. The van der Waals surface area contributed by atoms with Crippen molar-refractivity contribution in [3.63, 3.8) is 0 Å². The van der Waals surface area contributed by atoms with E-state index < -0.39 is 24.9 Å². The topological polar surface area (TPSA) is 143 Å². The van der Waals surface area contributed by atoms with Gasteiger partial charge in [0, 0.05) is 51.8 Å². The van der Waals surface area contributed by atoms with Crippen molar-refractivity contribution >= 4 is 5.91 Å². The average Bonchev–Trinajstić information content (AvgIpc) is 2.91.